The van der Waals surface area contributed by atoms with Crippen LogP contribution < -0.4 is 9.47 Å². The van der Waals surface area contributed by atoms with Crippen molar-refractivity contribution >= 4 is 26.0 Å². The predicted molar refractivity (Wildman–Crippen MR) is 109 cm³/mol. The number of hydrogen-bond acceptors (Lipinski definition) is 5. The van der Waals surface area contributed by atoms with Crippen molar-refractivity contribution in [2.75, 3.05) is 14.2 Å². The Hall–Kier alpha value is -2.29. The molecule has 3 rings (SSSR count). The monoisotopic (exact) mass is 465 g/mol. The first-order valence-corrected chi connectivity index (χ1v) is 10.7. The van der Waals surface area contributed by atoms with E-state index in [-0.39, 0.29) is 18.0 Å². The average Bonchev–Trinajstić information content (AvgIpc) is 3.21. The maximum absolute atomic E-state index is 13.3. The van der Waals surface area contributed by atoms with Crippen LogP contribution in [0.1, 0.15) is 11.3 Å². The van der Waals surface area contributed by atoms with Gasteiger partial charge in [0.15, 0.2) is 0 Å². The Balaban J connectivity index is 1.94. The maximum Gasteiger partial charge on any atom is 0.243 e. The smallest absolute Gasteiger partial charge is 0.243 e. The zero-order valence-corrected chi connectivity index (χ0v) is 17.9. The fourth-order valence-electron chi connectivity index (χ4n) is 2.71. The van der Waals surface area contributed by atoms with Gasteiger partial charge in [0.1, 0.15) is 17.3 Å². The molecule has 0 fully saturated rings. The number of halogens is 1. The van der Waals surface area contributed by atoms with Crippen LogP contribution in [0.4, 0.5) is 0 Å². The molecule has 0 aliphatic carbocycles. The lowest BCUT2D eigenvalue weighted by Crippen LogP contribution is -2.30. The standard InChI is InChI=1S/C20H20BrNO5S/c1-25-16-6-8-18(9-7-16)28(23,24)22(14-17-4-3-11-27-17)13-15-5-10-20(26-2)19(21)12-15/h3-12H,13-14H2,1-2H3. The van der Waals surface area contributed by atoms with Crippen LogP contribution in [0.2, 0.25) is 0 Å². The van der Waals surface area contributed by atoms with Crippen LogP contribution in [0.5, 0.6) is 11.5 Å². The van der Waals surface area contributed by atoms with Crippen molar-refractivity contribution in [3.63, 3.8) is 0 Å². The van der Waals surface area contributed by atoms with E-state index in [1.54, 1.807) is 37.4 Å². The van der Waals surface area contributed by atoms with Crippen molar-refractivity contribution in [3.05, 3.63) is 76.7 Å². The first kappa shape index (κ1) is 20.4. The molecule has 0 spiro atoms. The van der Waals surface area contributed by atoms with E-state index in [2.05, 4.69) is 15.9 Å². The molecule has 0 saturated heterocycles. The molecule has 1 aromatic heterocycles. The van der Waals surface area contributed by atoms with E-state index in [9.17, 15) is 8.42 Å². The second kappa shape index (κ2) is 8.81. The molecule has 0 aliphatic rings. The van der Waals surface area contributed by atoms with E-state index < -0.39 is 10.0 Å². The molecule has 3 aromatic rings. The van der Waals surface area contributed by atoms with Crippen molar-refractivity contribution < 1.29 is 22.3 Å². The summed E-state index contributed by atoms with van der Waals surface area (Å²) in [6.45, 7) is 0.294. The molecule has 6 nitrogen and oxygen atoms in total. The van der Waals surface area contributed by atoms with Crippen LogP contribution in [0.3, 0.4) is 0 Å². The minimum Gasteiger partial charge on any atom is -0.497 e. The van der Waals surface area contributed by atoms with E-state index in [1.807, 2.05) is 12.1 Å². The van der Waals surface area contributed by atoms with Crippen molar-refractivity contribution in [1.29, 1.82) is 0 Å². The van der Waals surface area contributed by atoms with Crippen molar-refractivity contribution in [1.82, 2.24) is 4.31 Å². The lowest BCUT2D eigenvalue weighted by Gasteiger charge is -2.22. The Morgan fingerprint density at radius 2 is 1.75 bits per heavy atom. The van der Waals surface area contributed by atoms with Crippen molar-refractivity contribution in [3.8, 4) is 11.5 Å². The molecule has 8 heteroatoms. The highest BCUT2D eigenvalue weighted by molar-refractivity contribution is 9.10. The Labute approximate surface area is 172 Å². The molecule has 0 atom stereocenters. The molecule has 0 saturated carbocycles. The lowest BCUT2D eigenvalue weighted by atomic mass is 10.2. The molecule has 0 aliphatic heterocycles. The van der Waals surface area contributed by atoms with Gasteiger partial charge in [-0.1, -0.05) is 6.07 Å². The summed E-state index contributed by atoms with van der Waals surface area (Å²) in [5.74, 6) is 1.83. The van der Waals surface area contributed by atoms with Gasteiger partial charge < -0.3 is 13.9 Å². The number of nitrogens with zero attached hydrogens (tertiary/aromatic N) is 1. The summed E-state index contributed by atoms with van der Waals surface area (Å²) in [5.41, 5.74) is 0.816. The molecule has 0 amide bonds. The van der Waals surface area contributed by atoms with Gasteiger partial charge in [-0.3, -0.25) is 0 Å². The van der Waals surface area contributed by atoms with Gasteiger partial charge in [0.05, 0.1) is 36.4 Å². The third-order valence-electron chi connectivity index (χ3n) is 4.18. The van der Waals surface area contributed by atoms with E-state index >= 15 is 0 Å². The van der Waals surface area contributed by atoms with Gasteiger partial charge in [-0.15, -0.1) is 0 Å². The molecule has 2 aromatic carbocycles. The minimum atomic E-state index is -3.76. The number of ether oxygens (including phenoxy) is 2. The summed E-state index contributed by atoms with van der Waals surface area (Å²) in [5, 5.41) is 0. The Morgan fingerprint density at radius 3 is 2.32 bits per heavy atom. The van der Waals surface area contributed by atoms with Gasteiger partial charge in [0.25, 0.3) is 0 Å². The number of benzene rings is 2. The predicted octanol–water partition coefficient (Wildman–Crippen LogP) is 4.45. The lowest BCUT2D eigenvalue weighted by molar-refractivity contribution is 0.358. The molecule has 0 radical (unpaired) electrons. The summed E-state index contributed by atoms with van der Waals surface area (Å²) in [6, 6.07) is 15.3. The molecule has 0 N–H and O–H groups in total. The van der Waals surface area contributed by atoms with Crippen molar-refractivity contribution in [2.45, 2.75) is 18.0 Å². The Kier molecular flexibility index (Phi) is 6.43. The second-order valence-corrected chi connectivity index (χ2v) is 8.79. The van der Waals surface area contributed by atoms with Gasteiger partial charge in [-0.05, 0) is 70.0 Å². The van der Waals surface area contributed by atoms with E-state index in [1.165, 1.54) is 29.8 Å². The highest BCUT2D eigenvalue weighted by Gasteiger charge is 2.26. The van der Waals surface area contributed by atoms with Gasteiger partial charge in [0, 0.05) is 6.54 Å². The second-order valence-electron chi connectivity index (χ2n) is 6.00. The van der Waals surface area contributed by atoms with Gasteiger partial charge >= 0.3 is 0 Å². The largest absolute Gasteiger partial charge is 0.497 e. The van der Waals surface area contributed by atoms with Crippen LogP contribution in [-0.4, -0.2) is 26.9 Å². The first-order valence-electron chi connectivity index (χ1n) is 8.43. The van der Waals surface area contributed by atoms with Crippen LogP contribution in [0, 0.1) is 0 Å². The van der Waals surface area contributed by atoms with Gasteiger partial charge in [-0.25, -0.2) is 8.42 Å². The maximum atomic E-state index is 13.3. The first-order chi connectivity index (χ1) is 13.4. The topological polar surface area (TPSA) is 69.0 Å². The molecule has 0 bridgehead atoms. The summed E-state index contributed by atoms with van der Waals surface area (Å²) in [6.07, 6.45) is 1.53. The quantitative estimate of drug-likeness (QED) is 0.491. The van der Waals surface area contributed by atoms with Crippen molar-refractivity contribution in [2.24, 2.45) is 0 Å². The molecular formula is C20H20BrNO5S. The number of hydrogen-bond donors (Lipinski definition) is 0. The van der Waals surface area contributed by atoms with Gasteiger partial charge in [0.2, 0.25) is 10.0 Å². The molecule has 0 unspecified atom stereocenters. The van der Waals surface area contributed by atoms with E-state index in [0.717, 1.165) is 10.0 Å². The average molecular weight is 466 g/mol. The summed E-state index contributed by atoms with van der Waals surface area (Å²) < 4.78 is 44.4. The molecule has 148 valence electrons. The number of sulfonamides is 1. The highest BCUT2D eigenvalue weighted by atomic mass is 79.9. The Morgan fingerprint density at radius 1 is 1.00 bits per heavy atom. The van der Waals surface area contributed by atoms with Crippen LogP contribution in [0.25, 0.3) is 0 Å². The van der Waals surface area contributed by atoms with Crippen LogP contribution >= 0.6 is 15.9 Å². The number of methoxy groups -OCH3 is 2. The molecule has 1 heterocycles. The normalized spacial score (nSPS) is 11.6. The fourth-order valence-corrected chi connectivity index (χ4v) is 4.69. The molecule has 28 heavy (non-hydrogen) atoms. The van der Waals surface area contributed by atoms with Gasteiger partial charge in [-0.2, -0.15) is 4.31 Å². The molecular weight excluding hydrogens is 446 g/mol. The third kappa shape index (κ3) is 4.57. The minimum absolute atomic E-state index is 0.116. The highest BCUT2D eigenvalue weighted by Crippen LogP contribution is 2.28. The third-order valence-corrected chi connectivity index (χ3v) is 6.61. The SMILES string of the molecule is COc1ccc(S(=O)(=O)N(Cc2ccc(OC)c(Br)c2)Cc2ccco2)cc1. The summed E-state index contributed by atoms with van der Waals surface area (Å²) >= 11 is 3.44. The Bertz CT molecular complexity index is 1020. The van der Waals surface area contributed by atoms with Crippen LogP contribution in [0.15, 0.2) is 74.6 Å². The van der Waals surface area contributed by atoms with E-state index in [4.69, 9.17) is 13.9 Å². The summed E-state index contributed by atoms with van der Waals surface area (Å²) in [7, 11) is -0.641. The number of furan rings is 1. The zero-order valence-electron chi connectivity index (χ0n) is 15.5. The number of rotatable bonds is 8. The fraction of sp³-hybridized carbons (Fsp3) is 0.200. The van der Waals surface area contributed by atoms with Crippen LogP contribution in [-0.2, 0) is 23.1 Å². The van der Waals surface area contributed by atoms with E-state index in [0.29, 0.717) is 17.3 Å². The zero-order chi connectivity index (χ0) is 20.1. The summed E-state index contributed by atoms with van der Waals surface area (Å²) in [4.78, 5) is 0.187.